The van der Waals surface area contributed by atoms with Gasteiger partial charge in [0.1, 0.15) is 5.69 Å². The zero-order valence-electron chi connectivity index (χ0n) is 13.4. The Morgan fingerprint density at radius 1 is 1.17 bits per heavy atom. The van der Waals surface area contributed by atoms with Crippen LogP contribution < -0.4 is 5.32 Å². The minimum absolute atomic E-state index is 0.0841. The van der Waals surface area contributed by atoms with Crippen molar-refractivity contribution in [3.05, 3.63) is 47.3 Å². The molecule has 0 aliphatic carbocycles. The lowest BCUT2D eigenvalue weighted by molar-refractivity contribution is 0.0299. The summed E-state index contributed by atoms with van der Waals surface area (Å²) >= 11 is 0. The number of carbonyl (C=O) groups excluding carboxylic acids is 1. The molecule has 0 unspecified atom stereocenters. The summed E-state index contributed by atoms with van der Waals surface area (Å²) in [6.07, 6.45) is 1.60. The van der Waals surface area contributed by atoms with Gasteiger partial charge in [-0.2, -0.15) is 0 Å². The van der Waals surface area contributed by atoms with Gasteiger partial charge in [0.2, 0.25) is 5.95 Å². The molecule has 2 aromatic rings. The van der Waals surface area contributed by atoms with Crippen LogP contribution in [-0.2, 0) is 4.74 Å². The van der Waals surface area contributed by atoms with Crippen molar-refractivity contribution in [2.75, 3.05) is 31.6 Å². The predicted octanol–water partition coefficient (Wildman–Crippen LogP) is 2.31. The maximum atomic E-state index is 12.5. The number of aromatic nitrogens is 2. The van der Waals surface area contributed by atoms with E-state index in [0.29, 0.717) is 37.9 Å². The van der Waals surface area contributed by atoms with E-state index in [1.807, 2.05) is 26.0 Å². The normalized spacial score (nSPS) is 14.6. The van der Waals surface area contributed by atoms with Crippen LogP contribution in [-0.4, -0.2) is 47.1 Å². The fourth-order valence-corrected chi connectivity index (χ4v) is 2.64. The SMILES string of the molecule is Cc1cc(C)cc(Nc2nccc(C(=O)N3CCOCC3)n2)c1. The molecular weight excluding hydrogens is 292 g/mol. The first-order valence-corrected chi connectivity index (χ1v) is 7.67. The number of hydrogen-bond acceptors (Lipinski definition) is 5. The molecule has 1 aromatic carbocycles. The van der Waals surface area contributed by atoms with E-state index in [0.717, 1.165) is 16.8 Å². The molecule has 3 rings (SSSR count). The van der Waals surface area contributed by atoms with E-state index in [9.17, 15) is 4.79 Å². The lowest BCUT2D eigenvalue weighted by Crippen LogP contribution is -2.41. The highest BCUT2D eigenvalue weighted by atomic mass is 16.5. The molecule has 0 spiro atoms. The van der Waals surface area contributed by atoms with Crippen molar-refractivity contribution in [2.45, 2.75) is 13.8 Å². The predicted molar refractivity (Wildman–Crippen MR) is 88.0 cm³/mol. The van der Waals surface area contributed by atoms with Gasteiger partial charge in [-0.15, -0.1) is 0 Å². The molecule has 120 valence electrons. The molecule has 6 heteroatoms. The standard InChI is InChI=1S/C17H20N4O2/c1-12-9-13(2)11-14(10-12)19-17-18-4-3-15(20-17)16(22)21-5-7-23-8-6-21/h3-4,9-11H,5-8H2,1-2H3,(H,18,19,20). The van der Waals surface area contributed by atoms with Gasteiger partial charge >= 0.3 is 0 Å². The number of anilines is 2. The number of hydrogen-bond donors (Lipinski definition) is 1. The number of rotatable bonds is 3. The summed E-state index contributed by atoms with van der Waals surface area (Å²) in [6.45, 7) is 6.43. The minimum Gasteiger partial charge on any atom is -0.378 e. The van der Waals surface area contributed by atoms with E-state index in [-0.39, 0.29) is 5.91 Å². The maximum Gasteiger partial charge on any atom is 0.272 e. The molecule has 23 heavy (non-hydrogen) atoms. The maximum absolute atomic E-state index is 12.5. The molecule has 1 N–H and O–H groups in total. The third-order valence-electron chi connectivity index (χ3n) is 3.65. The van der Waals surface area contributed by atoms with Crippen LogP contribution >= 0.6 is 0 Å². The summed E-state index contributed by atoms with van der Waals surface area (Å²) < 4.78 is 5.27. The number of nitrogens with one attached hydrogen (secondary N) is 1. The molecule has 0 saturated carbocycles. The van der Waals surface area contributed by atoms with Crippen molar-refractivity contribution in [1.82, 2.24) is 14.9 Å². The summed E-state index contributed by atoms with van der Waals surface area (Å²) in [6, 6.07) is 7.79. The van der Waals surface area contributed by atoms with E-state index >= 15 is 0 Å². The Balaban J connectivity index is 1.77. The largest absolute Gasteiger partial charge is 0.378 e. The number of aryl methyl sites for hydroxylation is 2. The zero-order valence-corrected chi connectivity index (χ0v) is 13.4. The average molecular weight is 312 g/mol. The summed E-state index contributed by atoms with van der Waals surface area (Å²) in [5, 5.41) is 3.17. The van der Waals surface area contributed by atoms with Gasteiger partial charge in [-0.25, -0.2) is 9.97 Å². The molecule has 1 aliphatic heterocycles. The van der Waals surface area contributed by atoms with Crippen LogP contribution in [0.3, 0.4) is 0 Å². The minimum atomic E-state index is -0.0841. The van der Waals surface area contributed by atoms with Crippen LogP contribution in [0.5, 0.6) is 0 Å². The van der Waals surface area contributed by atoms with Gasteiger partial charge in [-0.05, 0) is 43.2 Å². The van der Waals surface area contributed by atoms with Crippen LogP contribution in [0, 0.1) is 13.8 Å². The van der Waals surface area contributed by atoms with Gasteiger partial charge in [-0.3, -0.25) is 4.79 Å². The molecule has 0 radical (unpaired) electrons. The second kappa shape index (κ2) is 6.75. The van der Waals surface area contributed by atoms with Crippen LogP contribution in [0.2, 0.25) is 0 Å². The van der Waals surface area contributed by atoms with Crippen molar-refractivity contribution in [1.29, 1.82) is 0 Å². The molecule has 1 amide bonds. The summed E-state index contributed by atoms with van der Waals surface area (Å²) in [5.41, 5.74) is 3.63. The summed E-state index contributed by atoms with van der Waals surface area (Å²) in [7, 11) is 0. The molecule has 6 nitrogen and oxygen atoms in total. The summed E-state index contributed by atoms with van der Waals surface area (Å²) in [4.78, 5) is 22.8. The number of morpholine rings is 1. The third kappa shape index (κ3) is 3.84. The van der Waals surface area contributed by atoms with Crippen LogP contribution in [0.4, 0.5) is 11.6 Å². The lowest BCUT2D eigenvalue weighted by atomic mass is 10.1. The van der Waals surface area contributed by atoms with E-state index < -0.39 is 0 Å². The van der Waals surface area contributed by atoms with Gasteiger partial charge in [-0.1, -0.05) is 6.07 Å². The molecule has 1 saturated heterocycles. The molecule has 1 fully saturated rings. The monoisotopic (exact) mass is 312 g/mol. The number of benzene rings is 1. The van der Waals surface area contributed by atoms with Gasteiger partial charge in [0.15, 0.2) is 0 Å². The fourth-order valence-electron chi connectivity index (χ4n) is 2.64. The van der Waals surface area contributed by atoms with Crippen molar-refractivity contribution < 1.29 is 9.53 Å². The number of nitrogens with zero attached hydrogens (tertiary/aromatic N) is 3. The Kier molecular flexibility index (Phi) is 4.52. The van der Waals surface area contributed by atoms with Crippen LogP contribution in [0.1, 0.15) is 21.6 Å². The Labute approximate surface area is 135 Å². The highest BCUT2D eigenvalue weighted by molar-refractivity contribution is 5.92. The number of carbonyl (C=O) groups is 1. The molecule has 0 bridgehead atoms. The molecule has 2 heterocycles. The molecular formula is C17H20N4O2. The highest BCUT2D eigenvalue weighted by Crippen LogP contribution is 2.17. The van der Waals surface area contributed by atoms with Crippen LogP contribution in [0.25, 0.3) is 0 Å². The molecule has 1 aliphatic rings. The van der Waals surface area contributed by atoms with E-state index in [2.05, 4.69) is 21.4 Å². The quantitative estimate of drug-likeness (QED) is 0.942. The fraction of sp³-hybridized carbons (Fsp3) is 0.353. The van der Waals surface area contributed by atoms with Gasteiger partial charge in [0.25, 0.3) is 5.91 Å². The van der Waals surface area contributed by atoms with Gasteiger partial charge in [0.05, 0.1) is 13.2 Å². The first kappa shape index (κ1) is 15.4. The van der Waals surface area contributed by atoms with E-state index in [1.165, 1.54) is 0 Å². The second-order valence-electron chi connectivity index (χ2n) is 5.67. The van der Waals surface area contributed by atoms with Gasteiger partial charge < -0.3 is 15.0 Å². The summed E-state index contributed by atoms with van der Waals surface area (Å²) in [5.74, 6) is 0.341. The Hall–Kier alpha value is -2.47. The van der Waals surface area contributed by atoms with Gasteiger partial charge in [0, 0.05) is 25.0 Å². The first-order chi connectivity index (χ1) is 11.1. The smallest absolute Gasteiger partial charge is 0.272 e. The lowest BCUT2D eigenvalue weighted by Gasteiger charge is -2.26. The van der Waals surface area contributed by atoms with Crippen molar-refractivity contribution in [3.8, 4) is 0 Å². The third-order valence-corrected chi connectivity index (χ3v) is 3.65. The molecule has 0 atom stereocenters. The van der Waals surface area contributed by atoms with Crippen molar-refractivity contribution in [2.24, 2.45) is 0 Å². The number of amides is 1. The Morgan fingerprint density at radius 2 is 1.87 bits per heavy atom. The Bertz CT molecular complexity index is 691. The molecule has 1 aromatic heterocycles. The zero-order chi connectivity index (χ0) is 16.2. The average Bonchev–Trinajstić information content (AvgIpc) is 2.54. The van der Waals surface area contributed by atoms with Crippen molar-refractivity contribution in [3.63, 3.8) is 0 Å². The van der Waals surface area contributed by atoms with Crippen LogP contribution in [0.15, 0.2) is 30.5 Å². The first-order valence-electron chi connectivity index (χ1n) is 7.67. The highest BCUT2D eigenvalue weighted by Gasteiger charge is 2.20. The topological polar surface area (TPSA) is 67.4 Å². The Morgan fingerprint density at radius 3 is 2.57 bits per heavy atom. The van der Waals surface area contributed by atoms with E-state index in [4.69, 9.17) is 4.74 Å². The number of ether oxygens (including phenoxy) is 1. The van der Waals surface area contributed by atoms with Crippen molar-refractivity contribution >= 4 is 17.5 Å². The van der Waals surface area contributed by atoms with E-state index in [1.54, 1.807) is 17.2 Å². The second-order valence-corrected chi connectivity index (χ2v) is 5.67.